The second-order valence-corrected chi connectivity index (χ2v) is 3.64. The zero-order valence-corrected chi connectivity index (χ0v) is 7.81. The summed E-state index contributed by atoms with van der Waals surface area (Å²) in [6.45, 7) is 1.48. The van der Waals surface area contributed by atoms with Crippen LogP contribution in [-0.4, -0.2) is 27.2 Å². The Balaban J connectivity index is 2.25. The number of carbonyl (C=O) groups is 1. The smallest absolute Gasteiger partial charge is 0.356 e. The molecule has 1 atom stereocenters. The number of fused-ring (bicyclic) bond motifs is 1. The number of hydrogen-bond donors (Lipinski definition) is 2. The maximum absolute atomic E-state index is 10.7. The summed E-state index contributed by atoms with van der Waals surface area (Å²) in [6.07, 6.45) is 3.41. The number of rotatable bonds is 2. The van der Waals surface area contributed by atoms with Gasteiger partial charge in [0.1, 0.15) is 5.82 Å². The zero-order chi connectivity index (χ0) is 10.1. The molecule has 1 aromatic heterocycles. The molecule has 2 rings (SSSR count). The van der Waals surface area contributed by atoms with Gasteiger partial charge in [0.15, 0.2) is 5.69 Å². The molecule has 5 heteroatoms. The molecular formula is C9H13N3O2. The van der Waals surface area contributed by atoms with Crippen LogP contribution in [0.5, 0.6) is 0 Å². The van der Waals surface area contributed by atoms with E-state index in [0.29, 0.717) is 12.5 Å². The van der Waals surface area contributed by atoms with E-state index in [1.165, 1.54) is 0 Å². The topological polar surface area (TPSA) is 81.1 Å². The molecule has 0 amide bonds. The average Bonchev–Trinajstić information content (AvgIpc) is 2.59. The first-order chi connectivity index (χ1) is 6.70. The van der Waals surface area contributed by atoms with Gasteiger partial charge in [0.2, 0.25) is 0 Å². The zero-order valence-electron chi connectivity index (χ0n) is 7.81. The van der Waals surface area contributed by atoms with Gasteiger partial charge in [-0.15, -0.1) is 0 Å². The molecule has 0 spiro atoms. The van der Waals surface area contributed by atoms with Crippen molar-refractivity contribution in [3.63, 3.8) is 0 Å². The molecule has 0 bridgehead atoms. The summed E-state index contributed by atoms with van der Waals surface area (Å²) in [7, 11) is 0. The Morgan fingerprint density at radius 1 is 1.79 bits per heavy atom. The normalized spacial score (nSPS) is 20.5. The van der Waals surface area contributed by atoms with Crippen LogP contribution in [-0.2, 0) is 13.0 Å². The van der Waals surface area contributed by atoms with Crippen LogP contribution in [0.4, 0.5) is 0 Å². The van der Waals surface area contributed by atoms with E-state index in [1.54, 1.807) is 6.20 Å². The molecule has 1 aliphatic rings. The SMILES string of the molecule is NCC1CCn2cc(C(=O)O)nc2C1. The molecule has 14 heavy (non-hydrogen) atoms. The van der Waals surface area contributed by atoms with Gasteiger partial charge in [0, 0.05) is 19.2 Å². The molecule has 1 unspecified atom stereocenters. The number of nitrogens with two attached hydrogens (primary N) is 1. The fourth-order valence-electron chi connectivity index (χ4n) is 1.80. The Labute approximate surface area is 81.5 Å². The molecular weight excluding hydrogens is 182 g/mol. The Kier molecular flexibility index (Phi) is 2.25. The summed E-state index contributed by atoms with van der Waals surface area (Å²) in [5, 5.41) is 8.76. The summed E-state index contributed by atoms with van der Waals surface area (Å²) in [4.78, 5) is 14.7. The molecule has 0 aliphatic carbocycles. The molecule has 1 aromatic rings. The van der Waals surface area contributed by atoms with E-state index in [-0.39, 0.29) is 5.69 Å². The van der Waals surface area contributed by atoms with E-state index < -0.39 is 5.97 Å². The third kappa shape index (κ3) is 1.50. The van der Waals surface area contributed by atoms with Gasteiger partial charge < -0.3 is 15.4 Å². The van der Waals surface area contributed by atoms with Crippen molar-refractivity contribution in [3.05, 3.63) is 17.7 Å². The minimum absolute atomic E-state index is 0.137. The van der Waals surface area contributed by atoms with Crippen molar-refractivity contribution in [2.45, 2.75) is 19.4 Å². The lowest BCUT2D eigenvalue weighted by molar-refractivity contribution is 0.0691. The molecule has 76 valence electrons. The molecule has 0 fully saturated rings. The standard InChI is InChI=1S/C9H13N3O2/c10-4-6-1-2-12-5-7(9(13)14)11-8(12)3-6/h5-6H,1-4,10H2,(H,13,14). The van der Waals surface area contributed by atoms with Crippen molar-refractivity contribution < 1.29 is 9.90 Å². The molecule has 1 aliphatic heterocycles. The Bertz CT molecular complexity index is 359. The van der Waals surface area contributed by atoms with E-state index >= 15 is 0 Å². The van der Waals surface area contributed by atoms with E-state index in [4.69, 9.17) is 10.8 Å². The largest absolute Gasteiger partial charge is 0.476 e. The predicted molar refractivity (Wildman–Crippen MR) is 50.1 cm³/mol. The minimum Gasteiger partial charge on any atom is -0.476 e. The second kappa shape index (κ2) is 3.42. The number of aryl methyl sites for hydroxylation is 1. The lowest BCUT2D eigenvalue weighted by Crippen LogP contribution is -2.25. The van der Waals surface area contributed by atoms with Gasteiger partial charge in [-0.25, -0.2) is 9.78 Å². The van der Waals surface area contributed by atoms with Crippen LogP contribution in [0.3, 0.4) is 0 Å². The number of carboxylic acid groups (broad SMARTS) is 1. The Morgan fingerprint density at radius 2 is 2.57 bits per heavy atom. The molecule has 0 radical (unpaired) electrons. The van der Waals surface area contributed by atoms with Crippen LogP contribution in [0, 0.1) is 5.92 Å². The van der Waals surface area contributed by atoms with E-state index in [9.17, 15) is 4.79 Å². The molecule has 0 saturated heterocycles. The van der Waals surface area contributed by atoms with Gasteiger partial charge in [-0.1, -0.05) is 0 Å². The number of carboxylic acids is 1. The number of hydrogen-bond acceptors (Lipinski definition) is 3. The van der Waals surface area contributed by atoms with Crippen molar-refractivity contribution in [2.24, 2.45) is 11.7 Å². The van der Waals surface area contributed by atoms with Crippen LogP contribution in [0.1, 0.15) is 22.7 Å². The van der Waals surface area contributed by atoms with Gasteiger partial charge in [0.25, 0.3) is 0 Å². The van der Waals surface area contributed by atoms with Crippen LogP contribution >= 0.6 is 0 Å². The average molecular weight is 195 g/mol. The lowest BCUT2D eigenvalue weighted by atomic mass is 9.98. The first kappa shape index (κ1) is 9.21. The summed E-state index contributed by atoms with van der Waals surface area (Å²) >= 11 is 0. The fraction of sp³-hybridized carbons (Fsp3) is 0.556. The molecule has 3 N–H and O–H groups in total. The Hall–Kier alpha value is -1.36. The summed E-state index contributed by atoms with van der Waals surface area (Å²) in [5.74, 6) is 0.340. The predicted octanol–water partition coefficient (Wildman–Crippen LogP) is 0.102. The number of aromatic nitrogens is 2. The first-order valence-corrected chi connectivity index (χ1v) is 4.70. The van der Waals surface area contributed by atoms with Crippen molar-refractivity contribution >= 4 is 5.97 Å². The van der Waals surface area contributed by atoms with Gasteiger partial charge in [0.05, 0.1) is 0 Å². The van der Waals surface area contributed by atoms with Crippen LogP contribution in [0.2, 0.25) is 0 Å². The monoisotopic (exact) mass is 195 g/mol. The molecule has 0 aromatic carbocycles. The first-order valence-electron chi connectivity index (χ1n) is 4.70. The highest BCUT2D eigenvalue weighted by molar-refractivity contribution is 5.85. The van der Waals surface area contributed by atoms with E-state index in [0.717, 1.165) is 25.2 Å². The summed E-state index contributed by atoms with van der Waals surface area (Å²) in [6, 6.07) is 0. The van der Waals surface area contributed by atoms with Crippen molar-refractivity contribution in [2.75, 3.05) is 6.54 Å². The third-order valence-corrected chi connectivity index (χ3v) is 2.66. The highest BCUT2D eigenvalue weighted by Crippen LogP contribution is 2.19. The summed E-state index contributed by atoms with van der Waals surface area (Å²) < 4.78 is 1.91. The van der Waals surface area contributed by atoms with Crippen LogP contribution < -0.4 is 5.73 Å². The number of aromatic carboxylic acids is 1. The highest BCUT2D eigenvalue weighted by Gasteiger charge is 2.21. The maximum atomic E-state index is 10.7. The van der Waals surface area contributed by atoms with Crippen molar-refractivity contribution in [3.8, 4) is 0 Å². The minimum atomic E-state index is -0.962. The Morgan fingerprint density at radius 3 is 3.21 bits per heavy atom. The lowest BCUT2D eigenvalue weighted by Gasteiger charge is -2.21. The molecule has 2 heterocycles. The van der Waals surface area contributed by atoms with Crippen LogP contribution in [0.25, 0.3) is 0 Å². The number of nitrogens with zero attached hydrogens (tertiary/aromatic N) is 2. The molecule has 0 saturated carbocycles. The van der Waals surface area contributed by atoms with Crippen molar-refractivity contribution in [1.82, 2.24) is 9.55 Å². The third-order valence-electron chi connectivity index (χ3n) is 2.66. The highest BCUT2D eigenvalue weighted by atomic mass is 16.4. The van der Waals surface area contributed by atoms with Gasteiger partial charge in [-0.3, -0.25) is 0 Å². The van der Waals surface area contributed by atoms with Gasteiger partial charge >= 0.3 is 5.97 Å². The maximum Gasteiger partial charge on any atom is 0.356 e. The number of imidazole rings is 1. The van der Waals surface area contributed by atoms with Gasteiger partial charge in [-0.05, 0) is 18.9 Å². The fourth-order valence-corrected chi connectivity index (χ4v) is 1.80. The van der Waals surface area contributed by atoms with E-state index in [2.05, 4.69) is 4.98 Å². The van der Waals surface area contributed by atoms with E-state index in [1.807, 2.05) is 4.57 Å². The quantitative estimate of drug-likeness (QED) is 0.701. The van der Waals surface area contributed by atoms with Crippen LogP contribution in [0.15, 0.2) is 6.20 Å². The second-order valence-electron chi connectivity index (χ2n) is 3.64. The van der Waals surface area contributed by atoms with Crippen molar-refractivity contribution in [1.29, 1.82) is 0 Å². The van der Waals surface area contributed by atoms with Gasteiger partial charge in [-0.2, -0.15) is 0 Å². The summed E-state index contributed by atoms with van der Waals surface area (Å²) in [5.41, 5.74) is 5.71. The molecule has 5 nitrogen and oxygen atoms in total.